The Bertz CT molecular complexity index is 133. The first-order valence-electron chi connectivity index (χ1n) is 4.13. The third-order valence-electron chi connectivity index (χ3n) is 1.85. The maximum Gasteiger partial charge on any atom is 0.305 e. The largest absolute Gasteiger partial charge is 0.463 e. The molecule has 3 nitrogen and oxygen atoms in total. The summed E-state index contributed by atoms with van der Waals surface area (Å²) < 4.78 is 4.79. The number of rotatable bonds is 0. The van der Waals surface area contributed by atoms with Crippen molar-refractivity contribution >= 4 is 5.97 Å². The Hall–Kier alpha value is -0.570. The minimum absolute atomic E-state index is 0.175. The van der Waals surface area contributed by atoms with Crippen LogP contribution in [0.2, 0.25) is 0 Å². The van der Waals surface area contributed by atoms with Crippen molar-refractivity contribution in [2.45, 2.75) is 38.2 Å². The summed E-state index contributed by atoms with van der Waals surface area (Å²) >= 11 is 0. The Morgan fingerprint density at radius 1 is 1.36 bits per heavy atom. The van der Waals surface area contributed by atoms with E-state index in [1.807, 2.05) is 0 Å². The Labute approximate surface area is 66.4 Å². The highest BCUT2D eigenvalue weighted by Gasteiger charge is 2.11. The zero-order valence-corrected chi connectivity index (χ0v) is 6.58. The molecule has 1 aliphatic rings. The summed E-state index contributed by atoms with van der Waals surface area (Å²) in [6, 6.07) is 0. The van der Waals surface area contributed by atoms with Gasteiger partial charge < -0.3 is 9.84 Å². The third kappa shape index (κ3) is 3.37. The molecule has 1 rings (SSSR count). The van der Waals surface area contributed by atoms with E-state index in [2.05, 4.69) is 0 Å². The molecule has 1 heterocycles. The number of aliphatic hydroxyl groups is 1. The van der Waals surface area contributed by atoms with Crippen molar-refractivity contribution < 1.29 is 14.6 Å². The van der Waals surface area contributed by atoms with Crippen molar-refractivity contribution in [3.63, 3.8) is 0 Å². The number of carbonyl (C=O) groups excluding carboxylic acids is 1. The van der Waals surface area contributed by atoms with E-state index >= 15 is 0 Å². The second kappa shape index (κ2) is 4.34. The average Bonchev–Trinajstić information content (AvgIpc) is 2.06. The Balaban J connectivity index is 2.31. The van der Waals surface area contributed by atoms with Gasteiger partial charge >= 0.3 is 5.97 Å². The van der Waals surface area contributed by atoms with Crippen molar-refractivity contribution in [2.75, 3.05) is 6.61 Å². The number of ether oxygens (including phenoxy) is 1. The predicted molar refractivity (Wildman–Crippen MR) is 40.1 cm³/mol. The molecule has 11 heavy (non-hydrogen) atoms. The number of aliphatic hydroxyl groups excluding tert-OH is 1. The predicted octanol–water partition coefficient (Wildman–Crippen LogP) is 0.855. The summed E-state index contributed by atoms with van der Waals surface area (Å²) in [4.78, 5) is 10.8. The zero-order chi connectivity index (χ0) is 8.10. The quantitative estimate of drug-likeness (QED) is 0.532. The van der Waals surface area contributed by atoms with Gasteiger partial charge in [0, 0.05) is 6.42 Å². The van der Waals surface area contributed by atoms with E-state index in [0.29, 0.717) is 6.42 Å². The van der Waals surface area contributed by atoms with Gasteiger partial charge in [-0.25, -0.2) is 0 Å². The van der Waals surface area contributed by atoms with Gasteiger partial charge in [0.25, 0.3) is 0 Å². The highest BCUT2D eigenvalue weighted by atomic mass is 16.5. The maximum atomic E-state index is 10.8. The minimum Gasteiger partial charge on any atom is -0.463 e. The molecule has 0 radical (unpaired) electrons. The van der Waals surface area contributed by atoms with E-state index in [-0.39, 0.29) is 12.6 Å². The Morgan fingerprint density at radius 3 is 3.00 bits per heavy atom. The first-order chi connectivity index (χ1) is 5.29. The summed E-state index contributed by atoms with van der Waals surface area (Å²) in [7, 11) is 0. The van der Waals surface area contributed by atoms with Crippen LogP contribution in [0.15, 0.2) is 0 Å². The third-order valence-corrected chi connectivity index (χ3v) is 1.85. The summed E-state index contributed by atoms with van der Waals surface area (Å²) in [6.45, 7) is 0.179. The summed E-state index contributed by atoms with van der Waals surface area (Å²) in [5.74, 6) is -0.175. The summed E-state index contributed by atoms with van der Waals surface area (Å²) in [6.07, 6.45) is 3.73. The fourth-order valence-electron chi connectivity index (χ4n) is 1.17. The molecule has 0 bridgehead atoms. The standard InChI is InChI=1S/C8H14O3/c9-7-4-2-1-3-5-8(10)11-6-7/h7,9H,1-6H2. The molecule has 1 aliphatic heterocycles. The molecule has 0 saturated carbocycles. The van der Waals surface area contributed by atoms with Crippen LogP contribution in [0.3, 0.4) is 0 Å². The zero-order valence-electron chi connectivity index (χ0n) is 6.58. The van der Waals surface area contributed by atoms with E-state index in [9.17, 15) is 9.90 Å². The van der Waals surface area contributed by atoms with Gasteiger partial charge in [0.2, 0.25) is 0 Å². The lowest BCUT2D eigenvalue weighted by molar-refractivity contribution is -0.146. The van der Waals surface area contributed by atoms with Crippen molar-refractivity contribution in [2.24, 2.45) is 0 Å². The van der Waals surface area contributed by atoms with Crippen molar-refractivity contribution in [1.82, 2.24) is 0 Å². The van der Waals surface area contributed by atoms with Crippen molar-refractivity contribution in [3.05, 3.63) is 0 Å². The van der Waals surface area contributed by atoms with Crippen LogP contribution in [0.1, 0.15) is 32.1 Å². The summed E-state index contributed by atoms with van der Waals surface area (Å²) in [5, 5.41) is 9.18. The van der Waals surface area contributed by atoms with Crippen LogP contribution in [-0.4, -0.2) is 23.8 Å². The lowest BCUT2D eigenvalue weighted by Crippen LogP contribution is -2.16. The first-order valence-corrected chi connectivity index (χ1v) is 4.13. The van der Waals surface area contributed by atoms with Gasteiger partial charge in [-0.15, -0.1) is 0 Å². The molecular weight excluding hydrogens is 144 g/mol. The molecule has 0 aromatic heterocycles. The van der Waals surface area contributed by atoms with Crippen LogP contribution >= 0.6 is 0 Å². The molecule has 1 fully saturated rings. The maximum absolute atomic E-state index is 10.8. The molecule has 1 N–H and O–H groups in total. The lowest BCUT2D eigenvalue weighted by atomic mass is 10.1. The fourth-order valence-corrected chi connectivity index (χ4v) is 1.17. The van der Waals surface area contributed by atoms with Gasteiger partial charge in [0.1, 0.15) is 6.61 Å². The van der Waals surface area contributed by atoms with Crippen LogP contribution in [-0.2, 0) is 9.53 Å². The summed E-state index contributed by atoms with van der Waals surface area (Å²) in [5.41, 5.74) is 0. The molecule has 1 unspecified atom stereocenters. The lowest BCUT2D eigenvalue weighted by Gasteiger charge is -2.07. The molecule has 0 aromatic carbocycles. The second-order valence-corrected chi connectivity index (χ2v) is 2.94. The number of cyclic esters (lactones) is 1. The minimum atomic E-state index is -0.447. The SMILES string of the molecule is O=C1CCCCCC(O)CO1. The van der Waals surface area contributed by atoms with E-state index in [4.69, 9.17) is 4.74 Å². The fraction of sp³-hybridized carbons (Fsp3) is 0.875. The van der Waals surface area contributed by atoms with Gasteiger partial charge in [0.15, 0.2) is 0 Å². The van der Waals surface area contributed by atoms with E-state index < -0.39 is 6.10 Å². The highest BCUT2D eigenvalue weighted by Crippen LogP contribution is 2.09. The molecule has 0 amide bonds. The number of hydrogen-bond donors (Lipinski definition) is 1. The smallest absolute Gasteiger partial charge is 0.305 e. The van der Waals surface area contributed by atoms with E-state index in [1.165, 1.54) is 0 Å². The molecule has 0 spiro atoms. The average molecular weight is 158 g/mol. The number of hydrogen-bond acceptors (Lipinski definition) is 3. The van der Waals surface area contributed by atoms with Crippen LogP contribution in [0.5, 0.6) is 0 Å². The van der Waals surface area contributed by atoms with Gasteiger partial charge in [-0.3, -0.25) is 4.79 Å². The Kier molecular flexibility index (Phi) is 3.36. The Morgan fingerprint density at radius 2 is 2.18 bits per heavy atom. The first kappa shape index (κ1) is 8.53. The van der Waals surface area contributed by atoms with Crippen molar-refractivity contribution in [3.8, 4) is 0 Å². The molecule has 1 saturated heterocycles. The van der Waals surface area contributed by atoms with Crippen LogP contribution in [0.25, 0.3) is 0 Å². The van der Waals surface area contributed by atoms with Gasteiger partial charge in [-0.2, -0.15) is 0 Å². The van der Waals surface area contributed by atoms with E-state index in [0.717, 1.165) is 25.7 Å². The topological polar surface area (TPSA) is 46.5 Å². The second-order valence-electron chi connectivity index (χ2n) is 2.94. The number of esters is 1. The molecule has 64 valence electrons. The number of carbonyl (C=O) groups is 1. The highest BCUT2D eigenvalue weighted by molar-refractivity contribution is 5.69. The van der Waals surface area contributed by atoms with Crippen molar-refractivity contribution in [1.29, 1.82) is 0 Å². The molecule has 3 heteroatoms. The van der Waals surface area contributed by atoms with E-state index in [1.54, 1.807) is 0 Å². The monoisotopic (exact) mass is 158 g/mol. The molecular formula is C8H14O3. The van der Waals surface area contributed by atoms with Crippen LogP contribution in [0, 0.1) is 0 Å². The normalized spacial score (nSPS) is 28.1. The van der Waals surface area contributed by atoms with Crippen LogP contribution < -0.4 is 0 Å². The van der Waals surface area contributed by atoms with Gasteiger partial charge in [-0.05, 0) is 12.8 Å². The van der Waals surface area contributed by atoms with Crippen LogP contribution in [0.4, 0.5) is 0 Å². The molecule has 0 aliphatic carbocycles. The van der Waals surface area contributed by atoms with Gasteiger partial charge in [-0.1, -0.05) is 12.8 Å². The molecule has 0 aromatic rings. The molecule has 1 atom stereocenters. The van der Waals surface area contributed by atoms with Gasteiger partial charge in [0.05, 0.1) is 6.10 Å².